The number of allylic oxidation sites excluding steroid dienone is 10. The van der Waals surface area contributed by atoms with Crippen LogP contribution in [-0.4, -0.2) is 74.9 Å². The molecule has 9 nitrogen and oxygen atoms in total. The Morgan fingerprint density at radius 2 is 0.750 bits per heavy atom. The number of likely N-dealkylation sites (N-methyl/N-ethyl adjacent to an activating group) is 1. The van der Waals surface area contributed by atoms with E-state index >= 15 is 0 Å². The van der Waals surface area contributed by atoms with Crippen molar-refractivity contribution in [1.29, 1.82) is 0 Å². The lowest BCUT2D eigenvalue weighted by Gasteiger charge is -2.24. The summed E-state index contributed by atoms with van der Waals surface area (Å²) in [6.07, 6.45) is 74.5. The van der Waals surface area contributed by atoms with Gasteiger partial charge in [0.05, 0.1) is 27.7 Å². The minimum absolute atomic E-state index is 0.0303. The third-order valence-corrected chi connectivity index (χ3v) is 15.0. The number of hydrogen-bond acceptors (Lipinski definition) is 7. The lowest BCUT2D eigenvalue weighted by Crippen LogP contribution is -2.37. The minimum Gasteiger partial charge on any atom is -0.462 e. The molecule has 0 aromatic rings. The van der Waals surface area contributed by atoms with E-state index in [1.54, 1.807) is 0 Å². The maximum absolute atomic E-state index is 12.8. The van der Waals surface area contributed by atoms with Crippen LogP contribution in [0.3, 0.4) is 0 Å². The van der Waals surface area contributed by atoms with Gasteiger partial charge in [-0.15, -0.1) is 0 Å². The quantitative estimate of drug-likeness (QED) is 0.0211. The van der Waals surface area contributed by atoms with Gasteiger partial charge in [0.2, 0.25) is 0 Å². The van der Waals surface area contributed by atoms with E-state index in [1.807, 2.05) is 21.1 Å². The van der Waals surface area contributed by atoms with E-state index in [0.717, 1.165) is 70.6 Å². The molecule has 0 aliphatic rings. The highest BCUT2D eigenvalue weighted by molar-refractivity contribution is 7.47. The van der Waals surface area contributed by atoms with Crippen LogP contribution in [-0.2, 0) is 32.7 Å². The standard InChI is InChI=1S/C66H122NO8P/c1-6-8-10-12-14-16-18-20-22-24-26-28-30-31-32-33-34-35-37-38-40-42-44-46-48-50-52-54-56-58-65(68)72-62-64(63-74-76(70,71)73-61-60-67(3,4)5)75-66(69)59-57-55-53-51-49-47-45-43-41-39-36-29-27-25-23-21-19-17-15-13-11-9-7-2/h9,11,15,17,21,23-24,26-27,29,64H,6-8,10,12-14,16,18-20,22,25,28,30-63H2,1-5H3/p+1/b11-9-,17-15-,23-21-,26-24-,29-27-. The van der Waals surface area contributed by atoms with E-state index in [-0.39, 0.29) is 32.0 Å². The summed E-state index contributed by atoms with van der Waals surface area (Å²) < 4.78 is 34.7. The minimum atomic E-state index is -4.39. The zero-order valence-corrected chi connectivity index (χ0v) is 51.4. The number of nitrogens with zero attached hydrogens (tertiary/aromatic N) is 1. The SMILES string of the molecule is CC/C=C\C/C=C\C/C=C\C/C=C\CCCCCCCCCCCCC(=O)OC(COC(=O)CCCCCCCCCCCCCCCCCCC/C=C\CCCCCCCCCC)COP(=O)(O)OCC[N+](C)(C)C. The van der Waals surface area contributed by atoms with Gasteiger partial charge < -0.3 is 18.9 Å². The van der Waals surface area contributed by atoms with Crippen molar-refractivity contribution in [3.05, 3.63) is 60.8 Å². The van der Waals surface area contributed by atoms with Crippen LogP contribution < -0.4 is 0 Å². The monoisotopic (exact) mass is 1090 g/mol. The number of phosphoric ester groups is 1. The molecule has 0 aliphatic carbocycles. The lowest BCUT2D eigenvalue weighted by molar-refractivity contribution is -0.870. The van der Waals surface area contributed by atoms with Crippen LogP contribution in [0.5, 0.6) is 0 Å². The maximum Gasteiger partial charge on any atom is 0.472 e. The summed E-state index contributed by atoms with van der Waals surface area (Å²) in [5.41, 5.74) is 0. The number of carbonyl (C=O) groups excluding carboxylic acids is 2. The van der Waals surface area contributed by atoms with Gasteiger partial charge in [-0.1, -0.05) is 267 Å². The summed E-state index contributed by atoms with van der Waals surface area (Å²) in [5.74, 6) is -0.792. The fraction of sp³-hybridized carbons (Fsp3) is 0.818. The summed E-state index contributed by atoms with van der Waals surface area (Å²) in [4.78, 5) is 35.8. The van der Waals surface area contributed by atoms with Gasteiger partial charge in [0, 0.05) is 12.8 Å². The molecule has 76 heavy (non-hydrogen) atoms. The van der Waals surface area contributed by atoms with Gasteiger partial charge >= 0.3 is 19.8 Å². The van der Waals surface area contributed by atoms with Crippen LogP contribution in [0.25, 0.3) is 0 Å². The number of rotatable bonds is 59. The van der Waals surface area contributed by atoms with Crippen molar-refractivity contribution >= 4 is 19.8 Å². The van der Waals surface area contributed by atoms with Crippen LogP contribution in [0.2, 0.25) is 0 Å². The molecule has 2 unspecified atom stereocenters. The molecule has 0 aromatic heterocycles. The van der Waals surface area contributed by atoms with Crippen LogP contribution >= 0.6 is 7.82 Å². The van der Waals surface area contributed by atoms with Gasteiger partial charge in [-0.2, -0.15) is 0 Å². The zero-order valence-electron chi connectivity index (χ0n) is 50.5. The average molecular weight is 1090 g/mol. The predicted octanol–water partition coefficient (Wildman–Crippen LogP) is 20.3. The first kappa shape index (κ1) is 73.7. The van der Waals surface area contributed by atoms with Crippen molar-refractivity contribution < 1.29 is 42.1 Å². The highest BCUT2D eigenvalue weighted by Crippen LogP contribution is 2.43. The molecule has 0 bridgehead atoms. The number of carbonyl (C=O) groups is 2. The van der Waals surface area contributed by atoms with Crippen molar-refractivity contribution in [2.75, 3.05) is 47.5 Å². The molecule has 0 amide bonds. The molecule has 2 atom stereocenters. The average Bonchev–Trinajstić information content (AvgIpc) is 3.38. The van der Waals surface area contributed by atoms with Crippen molar-refractivity contribution in [2.24, 2.45) is 0 Å². The summed E-state index contributed by atoms with van der Waals surface area (Å²) in [7, 11) is 1.48. The molecule has 0 saturated carbocycles. The molecular formula is C66H123NO8P+. The smallest absolute Gasteiger partial charge is 0.462 e. The number of hydrogen-bond donors (Lipinski definition) is 1. The Morgan fingerprint density at radius 1 is 0.421 bits per heavy atom. The highest BCUT2D eigenvalue weighted by atomic mass is 31.2. The maximum atomic E-state index is 12.8. The first-order chi connectivity index (χ1) is 37.0. The largest absolute Gasteiger partial charge is 0.472 e. The molecule has 0 saturated heterocycles. The second-order valence-corrected chi connectivity index (χ2v) is 24.2. The summed E-state index contributed by atoms with van der Waals surface area (Å²) in [6.45, 7) is 4.35. The Balaban J connectivity index is 4.07. The van der Waals surface area contributed by atoms with Crippen LogP contribution in [0.4, 0.5) is 0 Å². The summed E-state index contributed by atoms with van der Waals surface area (Å²) in [5, 5.41) is 0. The van der Waals surface area contributed by atoms with Crippen molar-refractivity contribution in [3.63, 3.8) is 0 Å². The number of phosphoric acid groups is 1. The summed E-state index contributed by atoms with van der Waals surface area (Å²) in [6, 6.07) is 0. The molecule has 10 heteroatoms. The Hall–Kier alpha value is -2.29. The molecule has 1 N–H and O–H groups in total. The van der Waals surface area contributed by atoms with Gasteiger partial charge in [0.25, 0.3) is 0 Å². The second-order valence-electron chi connectivity index (χ2n) is 22.8. The van der Waals surface area contributed by atoms with Gasteiger partial charge in [-0.05, 0) is 77.0 Å². The second kappa shape index (κ2) is 57.4. The van der Waals surface area contributed by atoms with Gasteiger partial charge in [0.15, 0.2) is 6.10 Å². The molecule has 444 valence electrons. The van der Waals surface area contributed by atoms with E-state index < -0.39 is 26.5 Å². The Bertz CT molecular complexity index is 1470. The van der Waals surface area contributed by atoms with Gasteiger partial charge in [-0.25, -0.2) is 4.57 Å². The van der Waals surface area contributed by atoms with Crippen molar-refractivity contribution in [2.45, 2.75) is 302 Å². The highest BCUT2D eigenvalue weighted by Gasteiger charge is 2.27. The molecule has 0 radical (unpaired) electrons. The van der Waals surface area contributed by atoms with Crippen LogP contribution in [0.15, 0.2) is 60.8 Å². The molecule has 0 rings (SSSR count). The normalized spacial score (nSPS) is 13.6. The zero-order chi connectivity index (χ0) is 55.6. The number of quaternary nitrogens is 1. The fourth-order valence-corrected chi connectivity index (χ4v) is 9.86. The van der Waals surface area contributed by atoms with E-state index in [9.17, 15) is 19.0 Å². The Labute approximate surface area is 470 Å². The topological polar surface area (TPSA) is 108 Å². The third kappa shape index (κ3) is 60.9. The van der Waals surface area contributed by atoms with E-state index in [2.05, 4.69) is 74.6 Å². The van der Waals surface area contributed by atoms with Crippen molar-refractivity contribution in [1.82, 2.24) is 0 Å². The Kier molecular flexibility index (Phi) is 55.7. The van der Waals surface area contributed by atoms with Gasteiger partial charge in [-0.3, -0.25) is 18.6 Å². The van der Waals surface area contributed by atoms with E-state index in [4.69, 9.17) is 18.5 Å². The summed E-state index contributed by atoms with van der Waals surface area (Å²) >= 11 is 0. The molecule has 0 aliphatic heterocycles. The molecule has 0 heterocycles. The van der Waals surface area contributed by atoms with Gasteiger partial charge in [0.1, 0.15) is 19.8 Å². The van der Waals surface area contributed by atoms with Crippen LogP contribution in [0, 0.1) is 0 Å². The van der Waals surface area contributed by atoms with Crippen LogP contribution in [0.1, 0.15) is 296 Å². The third-order valence-electron chi connectivity index (χ3n) is 14.0. The number of esters is 2. The lowest BCUT2D eigenvalue weighted by atomic mass is 10.0. The number of unbranched alkanes of at least 4 members (excludes halogenated alkanes) is 35. The van der Waals surface area contributed by atoms with E-state index in [1.165, 1.54) is 193 Å². The predicted molar refractivity (Wildman–Crippen MR) is 326 cm³/mol. The molecule has 0 spiro atoms. The van der Waals surface area contributed by atoms with Crippen molar-refractivity contribution in [3.8, 4) is 0 Å². The molecule has 0 fully saturated rings. The Morgan fingerprint density at radius 3 is 1.13 bits per heavy atom. The number of ether oxygens (including phenoxy) is 2. The van der Waals surface area contributed by atoms with E-state index in [0.29, 0.717) is 17.4 Å². The fourth-order valence-electron chi connectivity index (χ4n) is 9.12. The first-order valence-electron chi connectivity index (χ1n) is 32.0. The molecular weight excluding hydrogens is 966 g/mol. The molecule has 0 aromatic carbocycles. The first-order valence-corrected chi connectivity index (χ1v) is 33.5.